The summed E-state index contributed by atoms with van der Waals surface area (Å²) in [4.78, 5) is 2.63. The van der Waals surface area contributed by atoms with E-state index in [1.165, 1.54) is 30.6 Å². The molecule has 0 aromatic heterocycles. The number of anilines is 1. The van der Waals surface area contributed by atoms with Gasteiger partial charge in [0.05, 0.1) is 0 Å². The van der Waals surface area contributed by atoms with E-state index in [2.05, 4.69) is 62.2 Å². The second-order valence-corrected chi connectivity index (χ2v) is 6.44. The maximum Gasteiger partial charge on any atom is 0.0414 e. The number of nitrogens with one attached hydrogen (secondary N) is 1. The largest absolute Gasteiger partial charge is 0.368 e. The Morgan fingerprint density at radius 2 is 1.84 bits per heavy atom. The molecule has 0 spiro atoms. The molecule has 19 heavy (non-hydrogen) atoms. The van der Waals surface area contributed by atoms with Crippen LogP contribution in [-0.2, 0) is 6.54 Å². The third-order valence-electron chi connectivity index (χ3n) is 3.55. The number of para-hydroxylation sites is 1. The highest BCUT2D eigenvalue weighted by atomic mass is 15.2. The van der Waals surface area contributed by atoms with E-state index < -0.39 is 0 Å². The topological polar surface area (TPSA) is 15.3 Å². The minimum absolute atomic E-state index is 0.535. The van der Waals surface area contributed by atoms with Crippen molar-refractivity contribution in [2.75, 3.05) is 11.4 Å². The van der Waals surface area contributed by atoms with Crippen LogP contribution < -0.4 is 10.2 Å². The van der Waals surface area contributed by atoms with E-state index in [4.69, 9.17) is 0 Å². The Morgan fingerprint density at radius 3 is 2.42 bits per heavy atom. The first-order valence-corrected chi connectivity index (χ1v) is 7.66. The zero-order valence-corrected chi connectivity index (χ0v) is 12.8. The predicted octanol–water partition coefficient (Wildman–Crippen LogP) is 3.81. The van der Waals surface area contributed by atoms with Crippen molar-refractivity contribution >= 4 is 5.69 Å². The number of benzene rings is 1. The molecule has 2 nitrogen and oxygen atoms in total. The SMILES string of the molecule is CC(C)CN(c1ccccc1CNC(C)C)C1CC1. The number of nitrogens with zero attached hydrogens (tertiary/aromatic N) is 1. The lowest BCUT2D eigenvalue weighted by Gasteiger charge is -2.29. The lowest BCUT2D eigenvalue weighted by Crippen LogP contribution is -2.31. The predicted molar refractivity (Wildman–Crippen MR) is 83.6 cm³/mol. The molecule has 0 bridgehead atoms. The molecule has 0 aliphatic heterocycles. The summed E-state index contributed by atoms with van der Waals surface area (Å²) >= 11 is 0. The fraction of sp³-hybridized carbons (Fsp3) is 0.647. The van der Waals surface area contributed by atoms with Crippen LogP contribution in [0.2, 0.25) is 0 Å². The summed E-state index contributed by atoms with van der Waals surface area (Å²) in [6.45, 7) is 11.2. The van der Waals surface area contributed by atoms with Crippen molar-refractivity contribution in [1.82, 2.24) is 5.32 Å². The van der Waals surface area contributed by atoms with E-state index in [1.54, 1.807) is 0 Å². The molecular weight excluding hydrogens is 232 g/mol. The molecule has 106 valence electrons. The highest BCUT2D eigenvalue weighted by Gasteiger charge is 2.30. The van der Waals surface area contributed by atoms with Crippen LogP contribution in [0, 0.1) is 5.92 Å². The molecule has 1 aromatic carbocycles. The van der Waals surface area contributed by atoms with Crippen molar-refractivity contribution in [2.45, 2.75) is 59.2 Å². The lowest BCUT2D eigenvalue weighted by atomic mass is 10.1. The van der Waals surface area contributed by atoms with Gasteiger partial charge in [0.2, 0.25) is 0 Å². The molecule has 1 aromatic rings. The Kier molecular flexibility index (Phi) is 4.87. The quantitative estimate of drug-likeness (QED) is 0.802. The van der Waals surface area contributed by atoms with Crippen LogP contribution in [0.25, 0.3) is 0 Å². The molecule has 1 aliphatic carbocycles. The average Bonchev–Trinajstić information content (AvgIpc) is 3.18. The Balaban J connectivity index is 2.15. The highest BCUT2D eigenvalue weighted by molar-refractivity contribution is 5.55. The Labute approximate surface area is 118 Å². The molecule has 0 heterocycles. The lowest BCUT2D eigenvalue weighted by molar-refractivity contribution is 0.580. The Bertz CT molecular complexity index is 394. The molecule has 1 saturated carbocycles. The summed E-state index contributed by atoms with van der Waals surface area (Å²) in [6, 6.07) is 10.2. The standard InChI is InChI=1S/C17H28N2/c1-13(2)12-19(16-9-10-16)17-8-6-5-7-15(17)11-18-14(3)4/h5-8,13-14,16,18H,9-12H2,1-4H3. The maximum atomic E-state index is 3.54. The van der Waals surface area contributed by atoms with Crippen LogP contribution in [-0.4, -0.2) is 18.6 Å². The zero-order valence-electron chi connectivity index (χ0n) is 12.8. The van der Waals surface area contributed by atoms with Gasteiger partial charge in [0, 0.05) is 30.9 Å². The molecular formula is C17H28N2. The third-order valence-corrected chi connectivity index (χ3v) is 3.55. The summed E-state index contributed by atoms with van der Waals surface area (Å²) in [5.41, 5.74) is 2.87. The Morgan fingerprint density at radius 1 is 1.16 bits per heavy atom. The second-order valence-electron chi connectivity index (χ2n) is 6.44. The van der Waals surface area contributed by atoms with Gasteiger partial charge in [-0.1, -0.05) is 45.9 Å². The minimum atomic E-state index is 0.535. The molecule has 0 unspecified atom stereocenters. The van der Waals surface area contributed by atoms with E-state index in [1.807, 2.05) is 0 Å². The molecule has 1 aliphatic rings. The highest BCUT2D eigenvalue weighted by Crippen LogP contribution is 2.34. The summed E-state index contributed by atoms with van der Waals surface area (Å²) in [5, 5.41) is 3.54. The average molecular weight is 260 g/mol. The smallest absolute Gasteiger partial charge is 0.0414 e. The first kappa shape index (κ1) is 14.4. The van der Waals surface area contributed by atoms with E-state index in [-0.39, 0.29) is 0 Å². The normalized spacial score (nSPS) is 15.3. The van der Waals surface area contributed by atoms with E-state index in [0.717, 1.165) is 12.6 Å². The van der Waals surface area contributed by atoms with Gasteiger partial charge in [-0.05, 0) is 30.4 Å². The van der Waals surface area contributed by atoms with Crippen LogP contribution in [0.4, 0.5) is 5.69 Å². The van der Waals surface area contributed by atoms with Crippen LogP contribution in [0.3, 0.4) is 0 Å². The van der Waals surface area contributed by atoms with Gasteiger partial charge >= 0.3 is 0 Å². The number of rotatable bonds is 7. The molecule has 0 amide bonds. The van der Waals surface area contributed by atoms with Crippen LogP contribution in [0.15, 0.2) is 24.3 Å². The summed E-state index contributed by atoms with van der Waals surface area (Å²) in [6.07, 6.45) is 2.72. The van der Waals surface area contributed by atoms with Crippen LogP contribution in [0.1, 0.15) is 46.1 Å². The molecule has 0 saturated heterocycles. The van der Waals surface area contributed by atoms with E-state index in [9.17, 15) is 0 Å². The van der Waals surface area contributed by atoms with Gasteiger partial charge in [-0.25, -0.2) is 0 Å². The van der Waals surface area contributed by atoms with Gasteiger partial charge < -0.3 is 10.2 Å². The first-order valence-electron chi connectivity index (χ1n) is 7.66. The van der Waals surface area contributed by atoms with Crippen molar-refractivity contribution in [2.24, 2.45) is 5.92 Å². The third kappa shape index (κ3) is 4.24. The van der Waals surface area contributed by atoms with Crippen molar-refractivity contribution in [3.05, 3.63) is 29.8 Å². The van der Waals surface area contributed by atoms with Gasteiger partial charge in [0.25, 0.3) is 0 Å². The molecule has 1 N–H and O–H groups in total. The van der Waals surface area contributed by atoms with Gasteiger partial charge in [-0.15, -0.1) is 0 Å². The first-order chi connectivity index (χ1) is 9.08. The molecule has 0 atom stereocenters. The van der Waals surface area contributed by atoms with Gasteiger partial charge in [0.1, 0.15) is 0 Å². The second kappa shape index (κ2) is 6.42. The van der Waals surface area contributed by atoms with Crippen LogP contribution >= 0.6 is 0 Å². The molecule has 2 rings (SSSR count). The van der Waals surface area contributed by atoms with Crippen molar-refractivity contribution < 1.29 is 0 Å². The van der Waals surface area contributed by atoms with E-state index in [0.29, 0.717) is 12.0 Å². The maximum absolute atomic E-state index is 3.54. The monoisotopic (exact) mass is 260 g/mol. The van der Waals surface area contributed by atoms with Gasteiger partial charge in [-0.3, -0.25) is 0 Å². The molecule has 2 heteroatoms. The fourth-order valence-corrected chi connectivity index (χ4v) is 2.48. The van der Waals surface area contributed by atoms with Gasteiger partial charge in [0.15, 0.2) is 0 Å². The zero-order chi connectivity index (χ0) is 13.8. The van der Waals surface area contributed by atoms with Crippen molar-refractivity contribution in [1.29, 1.82) is 0 Å². The van der Waals surface area contributed by atoms with Gasteiger partial charge in [-0.2, -0.15) is 0 Å². The van der Waals surface area contributed by atoms with E-state index >= 15 is 0 Å². The summed E-state index contributed by atoms with van der Waals surface area (Å²) < 4.78 is 0. The number of hydrogen-bond donors (Lipinski definition) is 1. The van der Waals surface area contributed by atoms with Crippen molar-refractivity contribution in [3.63, 3.8) is 0 Å². The summed E-state index contributed by atoms with van der Waals surface area (Å²) in [5.74, 6) is 0.715. The fourth-order valence-electron chi connectivity index (χ4n) is 2.48. The number of hydrogen-bond acceptors (Lipinski definition) is 2. The molecule has 0 radical (unpaired) electrons. The minimum Gasteiger partial charge on any atom is -0.368 e. The van der Waals surface area contributed by atoms with Crippen LogP contribution in [0.5, 0.6) is 0 Å². The Hall–Kier alpha value is -1.02. The summed E-state index contributed by atoms with van der Waals surface area (Å²) in [7, 11) is 0. The molecule has 1 fully saturated rings. The van der Waals surface area contributed by atoms with Crippen molar-refractivity contribution in [3.8, 4) is 0 Å².